The van der Waals surface area contributed by atoms with Gasteiger partial charge >= 0.3 is 0 Å². The van der Waals surface area contributed by atoms with Gasteiger partial charge in [-0.15, -0.1) is 11.3 Å². The van der Waals surface area contributed by atoms with Crippen LogP contribution in [0.15, 0.2) is 42.0 Å². The number of nitrogens with one attached hydrogen (secondary N) is 1. The average molecular weight is 257 g/mol. The van der Waals surface area contributed by atoms with Crippen molar-refractivity contribution in [2.24, 2.45) is 0 Å². The first-order chi connectivity index (χ1) is 8.83. The van der Waals surface area contributed by atoms with E-state index in [9.17, 15) is 5.11 Å². The molecule has 0 radical (unpaired) electrons. The van der Waals surface area contributed by atoms with E-state index in [0.29, 0.717) is 6.54 Å². The smallest absolute Gasteiger partial charge is 0.147 e. The van der Waals surface area contributed by atoms with E-state index in [-0.39, 0.29) is 5.75 Å². The van der Waals surface area contributed by atoms with Crippen LogP contribution in [0.3, 0.4) is 0 Å². The van der Waals surface area contributed by atoms with Crippen LogP contribution in [0.2, 0.25) is 0 Å². The van der Waals surface area contributed by atoms with E-state index in [1.165, 1.54) is 0 Å². The minimum Gasteiger partial charge on any atom is -0.508 e. The van der Waals surface area contributed by atoms with Gasteiger partial charge < -0.3 is 10.4 Å². The Morgan fingerprint density at radius 1 is 1.11 bits per heavy atom. The highest BCUT2D eigenvalue weighted by atomic mass is 32.1. The van der Waals surface area contributed by atoms with Gasteiger partial charge in [0.15, 0.2) is 0 Å². The largest absolute Gasteiger partial charge is 0.508 e. The van der Waals surface area contributed by atoms with Gasteiger partial charge in [0.2, 0.25) is 0 Å². The molecule has 0 unspecified atom stereocenters. The lowest BCUT2D eigenvalue weighted by molar-refractivity contribution is 0.475. The molecule has 0 aliphatic heterocycles. The minimum atomic E-state index is 0.279. The molecule has 0 amide bonds. The third-order valence-electron chi connectivity index (χ3n) is 2.64. The third-order valence-corrected chi connectivity index (χ3v) is 3.55. The Labute approximate surface area is 108 Å². The van der Waals surface area contributed by atoms with Crippen LogP contribution < -0.4 is 5.32 Å². The van der Waals surface area contributed by atoms with Crippen LogP contribution in [0.1, 0.15) is 5.56 Å². The second-order valence-corrected chi connectivity index (χ2v) is 4.79. The van der Waals surface area contributed by atoms with Crippen molar-refractivity contribution in [2.75, 3.05) is 5.32 Å². The fraction of sp³-hybridized carbons (Fsp3) is 0.0769. The van der Waals surface area contributed by atoms with Crippen LogP contribution in [-0.4, -0.2) is 15.1 Å². The topological polar surface area (TPSA) is 58.0 Å². The van der Waals surface area contributed by atoms with Crippen molar-refractivity contribution in [2.45, 2.75) is 6.54 Å². The summed E-state index contributed by atoms with van der Waals surface area (Å²) in [6.45, 7) is 0.671. The Balaban J connectivity index is 1.80. The van der Waals surface area contributed by atoms with E-state index in [0.717, 1.165) is 21.6 Å². The highest BCUT2D eigenvalue weighted by Crippen LogP contribution is 2.25. The van der Waals surface area contributed by atoms with E-state index < -0.39 is 0 Å². The highest BCUT2D eigenvalue weighted by Gasteiger charge is 2.04. The number of nitrogens with zero attached hydrogens (tertiary/aromatic N) is 2. The van der Waals surface area contributed by atoms with E-state index in [4.69, 9.17) is 0 Å². The minimum absolute atomic E-state index is 0.279. The molecule has 0 fully saturated rings. The molecule has 1 aromatic carbocycles. The number of aromatic nitrogens is 2. The zero-order valence-electron chi connectivity index (χ0n) is 9.50. The number of hydrogen-bond acceptors (Lipinski definition) is 5. The summed E-state index contributed by atoms with van der Waals surface area (Å²) in [4.78, 5) is 8.45. The van der Waals surface area contributed by atoms with E-state index in [1.807, 2.05) is 23.6 Å². The molecular weight excluding hydrogens is 246 g/mol. The Hall–Kier alpha value is -2.14. The van der Waals surface area contributed by atoms with Crippen LogP contribution in [0.25, 0.3) is 10.2 Å². The lowest BCUT2D eigenvalue weighted by Crippen LogP contribution is -2.01. The fourth-order valence-electron chi connectivity index (χ4n) is 1.71. The molecule has 3 aromatic rings. The van der Waals surface area contributed by atoms with Crippen LogP contribution in [-0.2, 0) is 6.54 Å². The second kappa shape index (κ2) is 4.62. The molecule has 3 rings (SSSR count). The van der Waals surface area contributed by atoms with Gasteiger partial charge in [0.05, 0.1) is 10.2 Å². The van der Waals surface area contributed by atoms with Crippen molar-refractivity contribution in [3.8, 4) is 5.75 Å². The standard InChI is InChI=1S/C13H11N3OS/c17-10-3-1-9(2-4-10)7-14-13-12-11(5-6-18-12)15-8-16-13/h1-6,8,17H,7H2,(H,14,15,16). The Bertz CT molecular complexity index is 663. The van der Waals surface area contributed by atoms with E-state index in [1.54, 1.807) is 29.8 Å². The monoisotopic (exact) mass is 257 g/mol. The Morgan fingerprint density at radius 3 is 2.78 bits per heavy atom. The highest BCUT2D eigenvalue weighted by molar-refractivity contribution is 7.17. The zero-order chi connectivity index (χ0) is 12.4. The van der Waals surface area contributed by atoms with Gasteiger partial charge in [-0.2, -0.15) is 0 Å². The van der Waals surface area contributed by atoms with Crippen molar-refractivity contribution in [3.05, 3.63) is 47.6 Å². The predicted octanol–water partition coefficient (Wildman–Crippen LogP) is 3.01. The number of thiophene rings is 1. The number of rotatable bonds is 3. The number of phenols is 1. The second-order valence-electron chi connectivity index (χ2n) is 3.88. The molecule has 0 saturated carbocycles. The van der Waals surface area contributed by atoms with Gasteiger partial charge in [-0.25, -0.2) is 9.97 Å². The van der Waals surface area contributed by atoms with Gasteiger partial charge in [-0.05, 0) is 29.1 Å². The maximum Gasteiger partial charge on any atom is 0.147 e. The SMILES string of the molecule is Oc1ccc(CNc2ncnc3ccsc23)cc1. The average Bonchev–Trinajstić information content (AvgIpc) is 2.87. The number of fused-ring (bicyclic) bond motifs is 1. The molecule has 0 bridgehead atoms. The van der Waals surface area contributed by atoms with Crippen molar-refractivity contribution >= 4 is 27.4 Å². The summed E-state index contributed by atoms with van der Waals surface area (Å²) < 4.78 is 1.07. The first-order valence-corrected chi connectivity index (χ1v) is 6.41. The third kappa shape index (κ3) is 2.12. The van der Waals surface area contributed by atoms with Gasteiger partial charge in [0, 0.05) is 6.54 Å². The summed E-state index contributed by atoms with van der Waals surface area (Å²) in [5.41, 5.74) is 2.05. The van der Waals surface area contributed by atoms with Crippen molar-refractivity contribution in [3.63, 3.8) is 0 Å². The van der Waals surface area contributed by atoms with Crippen molar-refractivity contribution in [1.82, 2.24) is 9.97 Å². The molecule has 0 aliphatic carbocycles. The predicted molar refractivity (Wildman–Crippen MR) is 72.8 cm³/mol. The molecule has 0 saturated heterocycles. The van der Waals surface area contributed by atoms with Crippen LogP contribution in [0.5, 0.6) is 5.75 Å². The normalized spacial score (nSPS) is 10.7. The number of anilines is 1. The summed E-state index contributed by atoms with van der Waals surface area (Å²) >= 11 is 1.62. The van der Waals surface area contributed by atoms with Gasteiger partial charge in [-0.3, -0.25) is 0 Å². The lowest BCUT2D eigenvalue weighted by Gasteiger charge is -2.06. The molecule has 5 heteroatoms. The van der Waals surface area contributed by atoms with E-state index in [2.05, 4.69) is 15.3 Å². The first-order valence-electron chi connectivity index (χ1n) is 5.53. The van der Waals surface area contributed by atoms with Gasteiger partial charge in [-0.1, -0.05) is 12.1 Å². The molecule has 2 N–H and O–H groups in total. The number of aromatic hydroxyl groups is 1. The molecular formula is C13H11N3OS. The molecule has 90 valence electrons. The molecule has 0 spiro atoms. The van der Waals surface area contributed by atoms with Crippen molar-refractivity contribution < 1.29 is 5.11 Å². The maximum absolute atomic E-state index is 9.22. The van der Waals surface area contributed by atoms with Crippen LogP contribution in [0.4, 0.5) is 5.82 Å². The molecule has 18 heavy (non-hydrogen) atoms. The van der Waals surface area contributed by atoms with Crippen molar-refractivity contribution in [1.29, 1.82) is 0 Å². The Morgan fingerprint density at radius 2 is 1.94 bits per heavy atom. The summed E-state index contributed by atoms with van der Waals surface area (Å²) in [5.74, 6) is 1.13. The van der Waals surface area contributed by atoms with Crippen LogP contribution in [0, 0.1) is 0 Å². The summed E-state index contributed by atoms with van der Waals surface area (Å²) in [7, 11) is 0. The lowest BCUT2D eigenvalue weighted by atomic mass is 10.2. The van der Waals surface area contributed by atoms with Crippen LogP contribution >= 0.6 is 11.3 Å². The Kier molecular flexibility index (Phi) is 2.82. The quantitative estimate of drug-likeness (QED) is 0.757. The fourth-order valence-corrected chi connectivity index (χ4v) is 2.53. The molecule has 0 atom stereocenters. The molecule has 2 aromatic heterocycles. The van der Waals surface area contributed by atoms with E-state index >= 15 is 0 Å². The summed E-state index contributed by atoms with van der Waals surface area (Å²) in [5, 5.41) is 14.5. The van der Waals surface area contributed by atoms with Gasteiger partial charge in [0.25, 0.3) is 0 Å². The molecule has 4 nitrogen and oxygen atoms in total. The number of benzene rings is 1. The first kappa shape index (κ1) is 11.0. The molecule has 2 heterocycles. The number of hydrogen-bond donors (Lipinski definition) is 2. The summed E-state index contributed by atoms with van der Waals surface area (Å²) in [6, 6.07) is 9.10. The zero-order valence-corrected chi connectivity index (χ0v) is 10.3. The van der Waals surface area contributed by atoms with Gasteiger partial charge in [0.1, 0.15) is 17.9 Å². The number of phenolic OH excluding ortho intramolecular Hbond substituents is 1. The maximum atomic E-state index is 9.22. The molecule has 0 aliphatic rings. The summed E-state index contributed by atoms with van der Waals surface area (Å²) in [6.07, 6.45) is 1.56.